The summed E-state index contributed by atoms with van der Waals surface area (Å²) in [6.07, 6.45) is -0.0951. The van der Waals surface area contributed by atoms with E-state index in [2.05, 4.69) is 0 Å². The summed E-state index contributed by atoms with van der Waals surface area (Å²) < 4.78 is 35.9. The molecule has 0 aliphatic carbocycles. The molecule has 0 aliphatic heterocycles. The van der Waals surface area contributed by atoms with Crippen molar-refractivity contribution in [2.75, 3.05) is 0 Å². The predicted octanol–water partition coefficient (Wildman–Crippen LogP) is 3.09. The third kappa shape index (κ3) is 2.02. The average molecular weight is 190 g/mol. The molecule has 1 atom stereocenters. The number of hydrogen-bond acceptors (Lipinski definition) is 1. The molecule has 0 radical (unpaired) electrons. The molecule has 0 N–H and O–H groups in total. The highest BCUT2D eigenvalue weighted by atomic mass is 31.0. The largest absolute Gasteiger partial charge is 0.480 e. The van der Waals surface area contributed by atoms with Gasteiger partial charge >= 0.3 is 0 Å². The topological polar surface area (TPSA) is 9.23 Å². The van der Waals surface area contributed by atoms with Crippen molar-refractivity contribution in [2.45, 2.75) is 0 Å². The van der Waals surface area contributed by atoms with Gasteiger partial charge in [0.15, 0.2) is 5.83 Å². The molecule has 1 nitrogen and oxygen atoms in total. The Labute approximate surface area is 72.6 Å². The average Bonchev–Trinajstić information content (AvgIpc) is 2.18. The van der Waals surface area contributed by atoms with E-state index < -0.39 is 15.2 Å². The molecule has 0 fully saturated rings. The van der Waals surface area contributed by atoms with E-state index in [0.29, 0.717) is 5.75 Å². The van der Waals surface area contributed by atoms with Gasteiger partial charge in [0.1, 0.15) is 12.1 Å². The van der Waals surface area contributed by atoms with Crippen molar-refractivity contribution >= 4 is 15.2 Å². The summed E-state index contributed by atoms with van der Waals surface area (Å²) in [7, 11) is -0.406. The van der Waals surface area contributed by atoms with E-state index in [1.165, 1.54) is 24.3 Å². The van der Waals surface area contributed by atoms with Crippen molar-refractivity contribution in [1.82, 2.24) is 0 Å². The molecule has 0 amide bonds. The van der Waals surface area contributed by atoms with Crippen LogP contribution < -0.4 is 4.52 Å². The molecule has 0 heterocycles. The van der Waals surface area contributed by atoms with Gasteiger partial charge in [-0.25, -0.2) is 8.78 Å². The van der Waals surface area contributed by atoms with Crippen LogP contribution in [0.25, 0.3) is 5.83 Å². The number of hydrogen-bond donors (Lipinski definition) is 0. The Morgan fingerprint density at radius 2 is 2.17 bits per heavy atom. The first kappa shape index (κ1) is 7.69. The van der Waals surface area contributed by atoms with E-state index in [9.17, 15) is 8.78 Å². The van der Waals surface area contributed by atoms with Crippen LogP contribution in [0, 0.1) is 0 Å². The maximum Gasteiger partial charge on any atom is 0.158 e. The molecule has 0 saturated heterocycles. The first-order valence-electron chi connectivity index (χ1n) is 3.68. The molecule has 1 unspecified atom stereocenters. The van der Waals surface area contributed by atoms with Crippen molar-refractivity contribution in [3.63, 3.8) is 0 Å². The van der Waals surface area contributed by atoms with Crippen LogP contribution in [0.3, 0.4) is 0 Å². The Bertz CT molecular complexity index is 300. The van der Waals surface area contributed by atoms with E-state index in [1.54, 1.807) is 0 Å². The number of halogens is 2. The van der Waals surface area contributed by atoms with Gasteiger partial charge in [-0.05, 0) is 24.3 Å². The fourth-order valence-corrected chi connectivity index (χ4v) is 0.881. The van der Waals surface area contributed by atoms with Crippen molar-refractivity contribution in [3.05, 3.63) is 36.2 Å². The van der Waals surface area contributed by atoms with Crippen LogP contribution in [0.2, 0.25) is 0 Å². The van der Waals surface area contributed by atoms with Gasteiger partial charge in [0, 0.05) is 5.56 Å². The van der Waals surface area contributed by atoms with Crippen LogP contribution in [0.5, 0.6) is 5.75 Å². The summed E-state index contributed by atoms with van der Waals surface area (Å²) in [5.41, 5.74) is 0.156. The summed E-state index contributed by atoms with van der Waals surface area (Å²) in [5, 5.41) is 0. The quantitative estimate of drug-likeness (QED) is 0.665. The van der Waals surface area contributed by atoms with Crippen LogP contribution in [-0.2, 0) is 0 Å². The van der Waals surface area contributed by atoms with Crippen LogP contribution in [0.1, 0.15) is 5.56 Å². The van der Waals surface area contributed by atoms with Gasteiger partial charge in [0.05, 0.1) is 10.7 Å². The summed E-state index contributed by atoms with van der Waals surface area (Å²) >= 11 is 0. The van der Waals surface area contributed by atoms with Gasteiger partial charge in [0.2, 0.25) is 0 Å². The third-order valence-corrected chi connectivity index (χ3v) is 1.58. The highest BCUT2D eigenvalue weighted by Crippen LogP contribution is 2.20. The molecule has 0 spiro atoms. The Hall–Kier alpha value is -0.950. The lowest BCUT2D eigenvalue weighted by Gasteiger charge is -1.99. The minimum Gasteiger partial charge on any atom is -0.480 e. The van der Waals surface area contributed by atoms with Crippen molar-refractivity contribution in [1.29, 1.82) is 1.28 Å². The Morgan fingerprint density at radius 3 is 2.67 bits per heavy atom. The lowest BCUT2D eigenvalue weighted by Crippen LogP contribution is -1.78. The minimum atomic E-state index is -0.917. The second kappa shape index (κ2) is 4.17. The lowest BCUT2D eigenvalue weighted by atomic mass is 10.2. The molecule has 1 aromatic rings. The summed E-state index contributed by atoms with van der Waals surface area (Å²) in [6.45, 7) is 0. The Kier molecular flexibility index (Phi) is 2.67. The zero-order valence-electron chi connectivity index (χ0n) is 7.05. The molecule has 64 valence electrons. The number of rotatable bonds is 3. The monoisotopic (exact) mass is 190 g/mol. The highest BCUT2D eigenvalue weighted by molar-refractivity contribution is 7.10. The van der Waals surface area contributed by atoms with Crippen LogP contribution in [0.4, 0.5) is 8.78 Å². The fraction of sp³-hybridized carbons (Fsp3) is 0. The van der Waals surface area contributed by atoms with E-state index in [0.717, 1.165) is 0 Å². The standard InChI is InChI=1S/C8H7F2OP/c9-5-8(10)6-1-3-7(11-12)4-2-6/h1-5H,12H2/b8-5+/i12T. The highest BCUT2D eigenvalue weighted by Gasteiger charge is 1.99. The van der Waals surface area contributed by atoms with Gasteiger partial charge in [-0.3, -0.25) is 0 Å². The zero-order valence-corrected chi connectivity index (χ0v) is 7.05. The predicted molar refractivity (Wildman–Crippen MR) is 47.0 cm³/mol. The summed E-state index contributed by atoms with van der Waals surface area (Å²) in [4.78, 5) is 0. The van der Waals surface area contributed by atoms with E-state index in [-0.39, 0.29) is 11.9 Å². The maximum absolute atomic E-state index is 12.6. The Morgan fingerprint density at radius 1 is 1.50 bits per heavy atom. The number of benzene rings is 1. The normalized spacial score (nSPS) is 13.5. The van der Waals surface area contributed by atoms with E-state index in [1.807, 2.05) is 0 Å². The van der Waals surface area contributed by atoms with Crippen LogP contribution >= 0.6 is 9.41 Å². The molecule has 1 aromatic carbocycles. The van der Waals surface area contributed by atoms with Gasteiger partial charge in [-0.2, -0.15) is 0 Å². The summed E-state index contributed by atoms with van der Waals surface area (Å²) in [6, 6.07) is 5.75. The van der Waals surface area contributed by atoms with Gasteiger partial charge < -0.3 is 4.52 Å². The third-order valence-electron chi connectivity index (χ3n) is 1.34. The smallest absolute Gasteiger partial charge is 0.158 e. The maximum atomic E-state index is 12.6. The molecule has 0 saturated carbocycles. The second-order valence-corrected chi connectivity index (χ2v) is 2.29. The van der Waals surface area contributed by atoms with Crippen molar-refractivity contribution < 1.29 is 13.3 Å². The van der Waals surface area contributed by atoms with E-state index in [4.69, 9.17) is 5.80 Å². The molecule has 4 heteroatoms. The fourth-order valence-electron chi connectivity index (χ4n) is 0.745. The molecule has 12 heavy (non-hydrogen) atoms. The van der Waals surface area contributed by atoms with Crippen LogP contribution in [-0.4, -0.2) is 1.28 Å². The molecular formula is C8H7F2OP. The van der Waals surface area contributed by atoms with Gasteiger partial charge in [0.25, 0.3) is 0 Å². The first-order valence-corrected chi connectivity index (χ1v) is 3.58. The van der Waals surface area contributed by atoms with Gasteiger partial charge in [-0.1, -0.05) is 0 Å². The SMILES string of the molecule is [3H]POc1ccc(/C(F)=C\F)cc1. The zero-order chi connectivity index (χ0) is 9.68. The van der Waals surface area contributed by atoms with Gasteiger partial charge in [-0.15, -0.1) is 0 Å². The van der Waals surface area contributed by atoms with Crippen molar-refractivity contribution in [3.8, 4) is 5.75 Å². The molecular weight excluding hydrogens is 181 g/mol. The Balaban J connectivity index is 2.81. The summed E-state index contributed by atoms with van der Waals surface area (Å²) in [5.74, 6) is -0.441. The molecule has 0 aromatic heterocycles. The van der Waals surface area contributed by atoms with Crippen molar-refractivity contribution in [2.24, 2.45) is 0 Å². The molecule has 1 rings (SSSR count). The lowest BCUT2D eigenvalue weighted by molar-refractivity contribution is 0.645. The van der Waals surface area contributed by atoms with E-state index >= 15 is 0 Å². The first-order chi connectivity index (χ1) is 6.27. The second-order valence-electron chi connectivity index (χ2n) is 2.08. The minimum absolute atomic E-state index is 0.0951. The molecule has 0 bridgehead atoms. The van der Waals surface area contributed by atoms with Crippen LogP contribution in [0.15, 0.2) is 30.6 Å². The molecule has 0 aliphatic rings.